The summed E-state index contributed by atoms with van der Waals surface area (Å²) in [6.07, 6.45) is 2.38. The SMILES string of the molecule is COc1cc(C(C)(C)C)c(Cl)c(OC)c1C1CC1. The van der Waals surface area contributed by atoms with Crippen LogP contribution < -0.4 is 9.47 Å². The highest BCUT2D eigenvalue weighted by molar-refractivity contribution is 6.33. The van der Waals surface area contributed by atoms with Crippen LogP contribution in [0.15, 0.2) is 6.07 Å². The molecule has 0 aliphatic heterocycles. The van der Waals surface area contributed by atoms with Crippen molar-refractivity contribution in [2.75, 3.05) is 14.2 Å². The Balaban J connectivity index is 2.66. The minimum atomic E-state index is -0.0281. The summed E-state index contributed by atoms with van der Waals surface area (Å²) in [6.45, 7) is 6.43. The Morgan fingerprint density at radius 2 is 1.78 bits per heavy atom. The van der Waals surface area contributed by atoms with Gasteiger partial charge in [-0.1, -0.05) is 32.4 Å². The lowest BCUT2D eigenvalue weighted by Crippen LogP contribution is -2.13. The molecule has 0 atom stereocenters. The molecule has 0 spiro atoms. The van der Waals surface area contributed by atoms with Crippen molar-refractivity contribution in [3.8, 4) is 11.5 Å². The number of benzene rings is 1. The topological polar surface area (TPSA) is 18.5 Å². The number of halogens is 1. The molecular weight excluding hydrogens is 248 g/mol. The maximum Gasteiger partial charge on any atom is 0.144 e. The van der Waals surface area contributed by atoms with E-state index < -0.39 is 0 Å². The smallest absolute Gasteiger partial charge is 0.144 e. The molecule has 2 rings (SSSR count). The Bertz CT molecular complexity index is 457. The van der Waals surface area contributed by atoms with E-state index in [9.17, 15) is 0 Å². The molecule has 1 saturated carbocycles. The van der Waals surface area contributed by atoms with Crippen LogP contribution in [0.5, 0.6) is 11.5 Å². The summed E-state index contributed by atoms with van der Waals surface area (Å²) in [7, 11) is 3.39. The van der Waals surface area contributed by atoms with E-state index in [4.69, 9.17) is 21.1 Å². The quantitative estimate of drug-likeness (QED) is 0.802. The third kappa shape index (κ3) is 2.31. The van der Waals surface area contributed by atoms with E-state index in [2.05, 4.69) is 26.8 Å². The number of rotatable bonds is 3. The van der Waals surface area contributed by atoms with Crippen LogP contribution in [-0.4, -0.2) is 14.2 Å². The van der Waals surface area contributed by atoms with Crippen molar-refractivity contribution < 1.29 is 9.47 Å². The van der Waals surface area contributed by atoms with Gasteiger partial charge < -0.3 is 9.47 Å². The summed E-state index contributed by atoms with van der Waals surface area (Å²) in [4.78, 5) is 0. The molecule has 1 aromatic carbocycles. The van der Waals surface area contributed by atoms with Gasteiger partial charge in [-0.15, -0.1) is 0 Å². The summed E-state index contributed by atoms with van der Waals surface area (Å²) in [5, 5.41) is 0.729. The van der Waals surface area contributed by atoms with E-state index in [1.165, 1.54) is 12.8 Å². The van der Waals surface area contributed by atoms with Crippen molar-refractivity contribution in [2.45, 2.75) is 44.9 Å². The molecule has 0 bridgehead atoms. The Kier molecular flexibility index (Phi) is 3.50. The van der Waals surface area contributed by atoms with Crippen molar-refractivity contribution in [3.05, 3.63) is 22.2 Å². The first-order valence-electron chi connectivity index (χ1n) is 6.35. The van der Waals surface area contributed by atoms with Gasteiger partial charge in [0, 0.05) is 5.56 Å². The summed E-state index contributed by atoms with van der Waals surface area (Å²) >= 11 is 6.52. The molecule has 1 aliphatic carbocycles. The second kappa shape index (κ2) is 4.65. The lowest BCUT2D eigenvalue weighted by atomic mass is 9.85. The predicted octanol–water partition coefficient (Wildman–Crippen LogP) is 4.53. The van der Waals surface area contributed by atoms with E-state index in [1.807, 2.05) is 0 Å². The minimum Gasteiger partial charge on any atom is -0.496 e. The van der Waals surface area contributed by atoms with Crippen LogP contribution in [0.1, 0.15) is 50.7 Å². The molecule has 1 fully saturated rings. The molecule has 0 unspecified atom stereocenters. The highest BCUT2D eigenvalue weighted by atomic mass is 35.5. The normalized spacial score (nSPS) is 15.7. The first-order chi connectivity index (χ1) is 8.40. The first kappa shape index (κ1) is 13.5. The largest absolute Gasteiger partial charge is 0.496 e. The standard InChI is InChI=1S/C15H21ClO2/c1-15(2,3)10-8-11(17-4)12(9-6-7-9)14(18-5)13(10)16/h8-9H,6-7H2,1-5H3. The molecule has 2 nitrogen and oxygen atoms in total. The van der Waals surface area contributed by atoms with E-state index in [0.29, 0.717) is 5.92 Å². The van der Waals surface area contributed by atoms with Crippen LogP contribution >= 0.6 is 11.6 Å². The monoisotopic (exact) mass is 268 g/mol. The van der Waals surface area contributed by atoms with Crippen molar-refractivity contribution in [2.24, 2.45) is 0 Å². The van der Waals surface area contributed by atoms with Gasteiger partial charge in [-0.2, -0.15) is 0 Å². The molecule has 0 radical (unpaired) electrons. The average Bonchev–Trinajstić information content (AvgIpc) is 3.10. The molecular formula is C15H21ClO2. The van der Waals surface area contributed by atoms with Crippen LogP contribution in [0.25, 0.3) is 0 Å². The van der Waals surface area contributed by atoms with Gasteiger partial charge in [0.2, 0.25) is 0 Å². The Morgan fingerprint density at radius 1 is 1.17 bits per heavy atom. The van der Waals surface area contributed by atoms with Gasteiger partial charge in [0.05, 0.1) is 19.2 Å². The Morgan fingerprint density at radius 3 is 2.17 bits per heavy atom. The van der Waals surface area contributed by atoms with Gasteiger partial charge in [0.15, 0.2) is 0 Å². The fourth-order valence-electron chi connectivity index (χ4n) is 2.30. The Hall–Kier alpha value is -0.890. The molecule has 100 valence electrons. The van der Waals surface area contributed by atoms with Gasteiger partial charge >= 0.3 is 0 Å². The van der Waals surface area contributed by atoms with Gasteiger partial charge in [0.25, 0.3) is 0 Å². The number of ether oxygens (including phenoxy) is 2. The van der Waals surface area contributed by atoms with Crippen LogP contribution in [0, 0.1) is 0 Å². The average molecular weight is 269 g/mol. The minimum absolute atomic E-state index is 0.0281. The summed E-state index contributed by atoms with van der Waals surface area (Å²) < 4.78 is 11.1. The number of hydrogen-bond acceptors (Lipinski definition) is 2. The van der Waals surface area contributed by atoms with E-state index >= 15 is 0 Å². The van der Waals surface area contributed by atoms with Gasteiger partial charge in [-0.3, -0.25) is 0 Å². The van der Waals surface area contributed by atoms with Crippen LogP contribution in [0.4, 0.5) is 0 Å². The highest BCUT2D eigenvalue weighted by Crippen LogP contribution is 2.53. The first-order valence-corrected chi connectivity index (χ1v) is 6.72. The number of hydrogen-bond donors (Lipinski definition) is 0. The molecule has 3 heteroatoms. The predicted molar refractivity (Wildman–Crippen MR) is 75.2 cm³/mol. The lowest BCUT2D eigenvalue weighted by molar-refractivity contribution is 0.382. The molecule has 0 aromatic heterocycles. The van der Waals surface area contributed by atoms with Crippen molar-refractivity contribution in [1.29, 1.82) is 0 Å². The number of methoxy groups -OCH3 is 2. The van der Waals surface area contributed by atoms with E-state index in [-0.39, 0.29) is 5.41 Å². The molecule has 0 saturated heterocycles. The second-order valence-electron chi connectivity index (χ2n) is 5.91. The molecule has 18 heavy (non-hydrogen) atoms. The zero-order valence-electron chi connectivity index (χ0n) is 11.8. The van der Waals surface area contributed by atoms with Crippen LogP contribution in [0.2, 0.25) is 5.02 Å². The van der Waals surface area contributed by atoms with Gasteiger partial charge in [-0.05, 0) is 35.8 Å². The summed E-state index contributed by atoms with van der Waals surface area (Å²) in [5.41, 5.74) is 2.18. The van der Waals surface area contributed by atoms with Gasteiger partial charge in [0.1, 0.15) is 11.5 Å². The second-order valence-corrected chi connectivity index (χ2v) is 6.29. The van der Waals surface area contributed by atoms with Crippen molar-refractivity contribution in [3.63, 3.8) is 0 Å². The third-order valence-electron chi connectivity index (χ3n) is 3.44. The third-order valence-corrected chi connectivity index (χ3v) is 3.81. The zero-order valence-corrected chi connectivity index (χ0v) is 12.5. The van der Waals surface area contributed by atoms with Crippen molar-refractivity contribution in [1.82, 2.24) is 0 Å². The molecule has 0 N–H and O–H groups in total. The van der Waals surface area contributed by atoms with Crippen LogP contribution in [-0.2, 0) is 5.41 Å². The Labute approximate surface area is 114 Å². The lowest BCUT2D eigenvalue weighted by Gasteiger charge is -2.25. The van der Waals surface area contributed by atoms with Crippen LogP contribution in [0.3, 0.4) is 0 Å². The highest BCUT2D eigenvalue weighted by Gasteiger charge is 2.34. The summed E-state index contributed by atoms with van der Waals surface area (Å²) in [5.74, 6) is 2.24. The molecule has 1 aliphatic rings. The van der Waals surface area contributed by atoms with Gasteiger partial charge in [-0.25, -0.2) is 0 Å². The van der Waals surface area contributed by atoms with Crippen molar-refractivity contribution >= 4 is 11.6 Å². The maximum atomic E-state index is 6.52. The fraction of sp³-hybridized carbons (Fsp3) is 0.600. The van der Waals surface area contributed by atoms with E-state index in [0.717, 1.165) is 27.6 Å². The molecule has 1 aromatic rings. The summed E-state index contributed by atoms with van der Waals surface area (Å²) in [6, 6.07) is 2.07. The maximum absolute atomic E-state index is 6.52. The zero-order chi connectivity index (χ0) is 13.5. The van der Waals surface area contributed by atoms with E-state index in [1.54, 1.807) is 14.2 Å². The molecule has 0 heterocycles. The molecule has 0 amide bonds. The fourth-order valence-corrected chi connectivity index (χ4v) is 2.81.